The number of benzene rings is 1. The molecule has 0 aliphatic carbocycles. The van der Waals surface area contributed by atoms with Crippen LogP contribution in [0.25, 0.3) is 0 Å². The van der Waals surface area contributed by atoms with Crippen LogP contribution >= 0.6 is 0 Å². The summed E-state index contributed by atoms with van der Waals surface area (Å²) in [7, 11) is 0. The average molecular weight is 200 g/mol. The Morgan fingerprint density at radius 2 is 1.87 bits per heavy atom. The van der Waals surface area contributed by atoms with E-state index >= 15 is 0 Å². The Balaban J connectivity index is 2.26. The molecule has 3 nitrogen and oxygen atoms in total. The van der Waals surface area contributed by atoms with Crippen LogP contribution in [0.1, 0.15) is 5.56 Å². The standard InChI is InChI=1S/C12H12N2O/c1-9-5-2-3-6-10(9)15-12-8-4-7-11(13)14-12/h2-8H,1H3,(H2,13,14). The average Bonchev–Trinajstić information content (AvgIpc) is 2.22. The second-order valence-electron chi connectivity index (χ2n) is 3.27. The fourth-order valence-corrected chi connectivity index (χ4v) is 1.27. The highest BCUT2D eigenvalue weighted by Crippen LogP contribution is 2.23. The van der Waals surface area contributed by atoms with Gasteiger partial charge in [0.05, 0.1) is 0 Å². The van der Waals surface area contributed by atoms with Gasteiger partial charge in [0.25, 0.3) is 0 Å². The summed E-state index contributed by atoms with van der Waals surface area (Å²) < 4.78 is 5.60. The summed E-state index contributed by atoms with van der Waals surface area (Å²) in [5.41, 5.74) is 6.63. The molecule has 2 N–H and O–H groups in total. The molecule has 1 aromatic heterocycles. The molecule has 0 amide bonds. The summed E-state index contributed by atoms with van der Waals surface area (Å²) in [6.07, 6.45) is 0. The maximum atomic E-state index is 5.60. The number of ether oxygens (including phenoxy) is 1. The molecule has 0 spiro atoms. The molecule has 0 saturated heterocycles. The van der Waals surface area contributed by atoms with Crippen molar-refractivity contribution in [1.82, 2.24) is 4.98 Å². The number of aryl methyl sites for hydroxylation is 1. The number of rotatable bonds is 2. The smallest absolute Gasteiger partial charge is 0.221 e. The van der Waals surface area contributed by atoms with Gasteiger partial charge in [-0.05, 0) is 24.6 Å². The summed E-state index contributed by atoms with van der Waals surface area (Å²) in [4.78, 5) is 4.07. The Bertz CT molecular complexity index is 469. The van der Waals surface area contributed by atoms with Crippen molar-refractivity contribution < 1.29 is 4.74 Å². The summed E-state index contributed by atoms with van der Waals surface area (Å²) >= 11 is 0. The van der Waals surface area contributed by atoms with Crippen LogP contribution in [0.2, 0.25) is 0 Å². The SMILES string of the molecule is Cc1ccccc1Oc1cccc(N)n1. The van der Waals surface area contributed by atoms with E-state index < -0.39 is 0 Å². The van der Waals surface area contributed by atoms with Crippen LogP contribution in [0.15, 0.2) is 42.5 Å². The van der Waals surface area contributed by atoms with Gasteiger partial charge in [0.15, 0.2) is 0 Å². The van der Waals surface area contributed by atoms with Gasteiger partial charge in [0.2, 0.25) is 5.88 Å². The number of nitrogen functional groups attached to an aromatic ring is 1. The second kappa shape index (κ2) is 4.00. The van der Waals surface area contributed by atoms with Crippen molar-refractivity contribution in [3.05, 3.63) is 48.0 Å². The van der Waals surface area contributed by atoms with Gasteiger partial charge in [0.1, 0.15) is 11.6 Å². The molecule has 76 valence electrons. The van der Waals surface area contributed by atoms with E-state index in [-0.39, 0.29) is 0 Å². The third-order valence-electron chi connectivity index (χ3n) is 2.05. The predicted octanol–water partition coefficient (Wildman–Crippen LogP) is 2.76. The van der Waals surface area contributed by atoms with E-state index in [0.29, 0.717) is 11.7 Å². The zero-order valence-corrected chi connectivity index (χ0v) is 8.47. The maximum Gasteiger partial charge on any atom is 0.221 e. The van der Waals surface area contributed by atoms with Gasteiger partial charge in [-0.3, -0.25) is 0 Å². The number of nitrogens with zero attached hydrogens (tertiary/aromatic N) is 1. The first-order chi connectivity index (χ1) is 7.25. The summed E-state index contributed by atoms with van der Waals surface area (Å²) in [5.74, 6) is 1.78. The molecule has 0 fully saturated rings. The number of pyridine rings is 1. The highest BCUT2D eigenvalue weighted by Gasteiger charge is 2.00. The van der Waals surface area contributed by atoms with Crippen LogP contribution in [-0.2, 0) is 0 Å². The monoisotopic (exact) mass is 200 g/mol. The lowest BCUT2D eigenvalue weighted by Crippen LogP contribution is -1.93. The van der Waals surface area contributed by atoms with Gasteiger partial charge >= 0.3 is 0 Å². The predicted molar refractivity (Wildman–Crippen MR) is 59.9 cm³/mol. The topological polar surface area (TPSA) is 48.1 Å². The van der Waals surface area contributed by atoms with Gasteiger partial charge in [-0.15, -0.1) is 0 Å². The van der Waals surface area contributed by atoms with Crippen LogP contribution in [0, 0.1) is 6.92 Å². The van der Waals surface area contributed by atoms with E-state index in [1.54, 1.807) is 12.1 Å². The normalized spacial score (nSPS) is 9.93. The quantitative estimate of drug-likeness (QED) is 0.810. The van der Waals surface area contributed by atoms with Crippen LogP contribution < -0.4 is 10.5 Å². The van der Waals surface area contributed by atoms with E-state index in [1.165, 1.54) is 0 Å². The van der Waals surface area contributed by atoms with E-state index in [2.05, 4.69) is 4.98 Å². The zero-order chi connectivity index (χ0) is 10.7. The maximum absolute atomic E-state index is 5.60. The van der Waals surface area contributed by atoms with Crippen LogP contribution in [-0.4, -0.2) is 4.98 Å². The molecule has 3 heteroatoms. The third-order valence-corrected chi connectivity index (χ3v) is 2.05. The van der Waals surface area contributed by atoms with Gasteiger partial charge in [-0.2, -0.15) is 4.98 Å². The number of hydrogen-bond donors (Lipinski definition) is 1. The van der Waals surface area contributed by atoms with Gasteiger partial charge in [-0.1, -0.05) is 24.3 Å². The molecule has 0 atom stereocenters. The van der Waals surface area contributed by atoms with Crippen molar-refractivity contribution in [3.8, 4) is 11.6 Å². The number of anilines is 1. The molecule has 0 unspecified atom stereocenters. The fraction of sp³-hybridized carbons (Fsp3) is 0.0833. The van der Waals surface area contributed by atoms with E-state index in [0.717, 1.165) is 11.3 Å². The van der Waals surface area contributed by atoms with Crippen molar-refractivity contribution in [3.63, 3.8) is 0 Å². The lowest BCUT2D eigenvalue weighted by atomic mass is 10.2. The molecular weight excluding hydrogens is 188 g/mol. The molecule has 0 radical (unpaired) electrons. The zero-order valence-electron chi connectivity index (χ0n) is 8.47. The van der Waals surface area contributed by atoms with Gasteiger partial charge < -0.3 is 10.5 Å². The Morgan fingerprint density at radius 1 is 1.07 bits per heavy atom. The van der Waals surface area contributed by atoms with Crippen molar-refractivity contribution in [1.29, 1.82) is 0 Å². The van der Waals surface area contributed by atoms with Gasteiger partial charge in [0, 0.05) is 6.07 Å². The lowest BCUT2D eigenvalue weighted by molar-refractivity contribution is 0.460. The minimum atomic E-state index is 0.459. The molecule has 2 rings (SSSR count). The van der Waals surface area contributed by atoms with Crippen molar-refractivity contribution in [2.45, 2.75) is 6.92 Å². The fourth-order valence-electron chi connectivity index (χ4n) is 1.27. The minimum absolute atomic E-state index is 0.459. The molecule has 0 aliphatic rings. The number of hydrogen-bond acceptors (Lipinski definition) is 3. The highest BCUT2D eigenvalue weighted by atomic mass is 16.5. The molecule has 0 bridgehead atoms. The first kappa shape index (κ1) is 9.52. The largest absolute Gasteiger partial charge is 0.439 e. The molecule has 15 heavy (non-hydrogen) atoms. The van der Waals surface area contributed by atoms with Crippen LogP contribution in [0.5, 0.6) is 11.6 Å². The molecule has 2 aromatic rings. The second-order valence-corrected chi connectivity index (χ2v) is 3.27. The molecule has 0 aliphatic heterocycles. The summed E-state index contributed by atoms with van der Waals surface area (Å²) in [5, 5.41) is 0. The number of aromatic nitrogens is 1. The highest BCUT2D eigenvalue weighted by molar-refractivity contribution is 5.37. The van der Waals surface area contributed by atoms with Crippen LogP contribution in [0.3, 0.4) is 0 Å². The molecule has 1 aromatic carbocycles. The number of nitrogens with two attached hydrogens (primary N) is 1. The third kappa shape index (κ3) is 2.26. The summed E-state index contributed by atoms with van der Waals surface area (Å²) in [6, 6.07) is 13.1. The Kier molecular flexibility index (Phi) is 2.54. The van der Waals surface area contributed by atoms with E-state index in [1.807, 2.05) is 37.3 Å². The van der Waals surface area contributed by atoms with Crippen molar-refractivity contribution >= 4 is 5.82 Å². The van der Waals surface area contributed by atoms with Crippen LogP contribution in [0.4, 0.5) is 5.82 Å². The molecular formula is C12H12N2O. The first-order valence-corrected chi connectivity index (χ1v) is 4.72. The van der Waals surface area contributed by atoms with Gasteiger partial charge in [-0.25, -0.2) is 0 Å². The lowest BCUT2D eigenvalue weighted by Gasteiger charge is -2.07. The first-order valence-electron chi connectivity index (χ1n) is 4.72. The molecule has 0 saturated carbocycles. The minimum Gasteiger partial charge on any atom is -0.439 e. The van der Waals surface area contributed by atoms with Crippen molar-refractivity contribution in [2.75, 3.05) is 5.73 Å². The van der Waals surface area contributed by atoms with Crippen molar-refractivity contribution in [2.24, 2.45) is 0 Å². The summed E-state index contributed by atoms with van der Waals surface area (Å²) in [6.45, 7) is 1.99. The Labute approximate surface area is 88.5 Å². The Hall–Kier alpha value is -2.03. The Morgan fingerprint density at radius 3 is 2.60 bits per heavy atom. The number of para-hydroxylation sites is 1. The molecule has 1 heterocycles. The van der Waals surface area contributed by atoms with E-state index in [9.17, 15) is 0 Å². The van der Waals surface area contributed by atoms with E-state index in [4.69, 9.17) is 10.5 Å².